The van der Waals surface area contributed by atoms with E-state index in [1.807, 2.05) is 0 Å². The summed E-state index contributed by atoms with van der Waals surface area (Å²) in [6.45, 7) is 2.57. The number of hydrogen-bond donors (Lipinski definition) is 7. The molecule has 0 bridgehead atoms. The van der Waals surface area contributed by atoms with Gasteiger partial charge in [-0.3, -0.25) is 9.59 Å². The molecular formula is C52H96O15. The number of ether oxygens (including phenoxy) is 6. The number of carbonyl (C=O) groups excluding carboxylic acids is 2. The zero-order valence-corrected chi connectivity index (χ0v) is 41.7. The molecule has 0 amide bonds. The van der Waals surface area contributed by atoms with E-state index in [0.29, 0.717) is 12.8 Å². The highest BCUT2D eigenvalue weighted by molar-refractivity contribution is 5.70. The van der Waals surface area contributed by atoms with Crippen LogP contribution in [0.1, 0.15) is 213 Å². The molecule has 15 heteroatoms. The number of allylic oxidation sites excluding steroid dienone is 2. The second-order valence-corrected chi connectivity index (χ2v) is 19.1. The number of aliphatic hydroxyl groups is 7. The smallest absolute Gasteiger partial charge is 0.306 e. The quantitative estimate of drug-likeness (QED) is 0.0176. The van der Waals surface area contributed by atoms with Crippen molar-refractivity contribution in [1.82, 2.24) is 0 Å². The lowest BCUT2D eigenvalue weighted by Gasteiger charge is -2.42. The average molecular weight is 961 g/mol. The van der Waals surface area contributed by atoms with Crippen molar-refractivity contribution in [1.29, 1.82) is 0 Å². The summed E-state index contributed by atoms with van der Waals surface area (Å²) < 4.78 is 33.6. The zero-order valence-electron chi connectivity index (χ0n) is 41.7. The average Bonchev–Trinajstić information content (AvgIpc) is 3.32. The zero-order chi connectivity index (χ0) is 48.9. The van der Waals surface area contributed by atoms with Gasteiger partial charge in [0.05, 0.1) is 19.8 Å². The molecule has 0 aromatic heterocycles. The van der Waals surface area contributed by atoms with Gasteiger partial charge in [0.15, 0.2) is 18.7 Å². The van der Waals surface area contributed by atoms with Gasteiger partial charge in [-0.25, -0.2) is 0 Å². The maximum Gasteiger partial charge on any atom is 0.306 e. The first kappa shape index (κ1) is 61.4. The fourth-order valence-electron chi connectivity index (χ4n) is 8.55. The van der Waals surface area contributed by atoms with Gasteiger partial charge >= 0.3 is 11.9 Å². The summed E-state index contributed by atoms with van der Waals surface area (Å²) in [5, 5.41) is 72.0. The third-order valence-electron chi connectivity index (χ3n) is 13.0. The maximum absolute atomic E-state index is 13.0. The molecule has 394 valence electrons. The minimum Gasteiger partial charge on any atom is -0.462 e. The minimum absolute atomic E-state index is 0.158. The molecule has 0 radical (unpaired) electrons. The molecule has 0 spiro atoms. The van der Waals surface area contributed by atoms with Crippen molar-refractivity contribution < 1.29 is 73.8 Å². The van der Waals surface area contributed by atoms with E-state index in [1.165, 1.54) is 116 Å². The highest BCUT2D eigenvalue weighted by Gasteiger charge is 2.47. The molecule has 11 atom stereocenters. The highest BCUT2D eigenvalue weighted by Crippen LogP contribution is 2.27. The van der Waals surface area contributed by atoms with E-state index in [-0.39, 0.29) is 26.1 Å². The van der Waals surface area contributed by atoms with Crippen LogP contribution in [0.3, 0.4) is 0 Å². The van der Waals surface area contributed by atoms with Crippen molar-refractivity contribution in [3.8, 4) is 0 Å². The van der Waals surface area contributed by atoms with Gasteiger partial charge in [-0.15, -0.1) is 0 Å². The first-order valence-corrected chi connectivity index (χ1v) is 26.8. The van der Waals surface area contributed by atoms with Gasteiger partial charge < -0.3 is 64.2 Å². The molecule has 67 heavy (non-hydrogen) atoms. The van der Waals surface area contributed by atoms with Crippen molar-refractivity contribution in [2.45, 2.75) is 280 Å². The lowest BCUT2D eigenvalue weighted by Crippen LogP contribution is -2.61. The number of hydrogen-bond acceptors (Lipinski definition) is 15. The molecule has 2 heterocycles. The normalized spacial score (nSPS) is 26.0. The van der Waals surface area contributed by atoms with Crippen LogP contribution in [-0.2, 0) is 38.0 Å². The van der Waals surface area contributed by atoms with E-state index in [1.54, 1.807) is 0 Å². The molecule has 7 N–H and O–H groups in total. The molecule has 2 fully saturated rings. The molecule has 2 rings (SSSR count). The lowest BCUT2D eigenvalue weighted by molar-refractivity contribution is -0.332. The Labute approximate surface area is 403 Å². The van der Waals surface area contributed by atoms with E-state index in [0.717, 1.165) is 57.8 Å². The van der Waals surface area contributed by atoms with Crippen LogP contribution in [-0.4, -0.2) is 142 Å². The molecule has 2 aliphatic rings. The number of esters is 2. The van der Waals surface area contributed by atoms with Crippen LogP contribution in [0.5, 0.6) is 0 Å². The number of carbonyl (C=O) groups is 2. The molecule has 0 aliphatic carbocycles. The SMILES string of the molecule is CCCC/C=C/CCCCCCCC(=O)O[C@@H](COC(=O)CCCCCCCCCCCCCCCCCCCCCC)CO[C@@H]1O[C@H](CO[C@@H]2O[C@H](CO)[C@H](O)C(O)C2O)[C@H](O)C(O)C1O. The Kier molecular flexibility index (Phi) is 36.5. The monoisotopic (exact) mass is 961 g/mol. The molecule has 0 saturated carbocycles. The van der Waals surface area contributed by atoms with Gasteiger partial charge in [-0.05, 0) is 32.1 Å². The Morgan fingerprint density at radius 2 is 0.866 bits per heavy atom. The van der Waals surface area contributed by atoms with Crippen LogP contribution in [0.15, 0.2) is 12.2 Å². The second-order valence-electron chi connectivity index (χ2n) is 19.1. The summed E-state index contributed by atoms with van der Waals surface area (Å²) >= 11 is 0. The Hall–Kier alpha value is -1.76. The standard InChI is InChI=1S/C52H96O15/c1-3-5-7-9-11-13-15-16-17-18-19-20-21-22-23-25-26-28-30-32-34-43(54)62-37-40(65-44(55)35-33-31-29-27-24-14-12-10-8-6-4-2)38-63-51-50(61)48(59)46(57)42(67-51)39-64-52-49(60)47(58)45(56)41(36-53)66-52/h10,12,40-42,45-53,56-61H,3-9,11,13-39H2,1-2H3/b12-10+/t40-,41+,42+,45-,46-,47?,48?,49?,50?,51+,52+/m0/s1. The summed E-state index contributed by atoms with van der Waals surface area (Å²) in [5.41, 5.74) is 0. The van der Waals surface area contributed by atoms with E-state index in [9.17, 15) is 45.3 Å². The summed E-state index contributed by atoms with van der Waals surface area (Å²) in [4.78, 5) is 25.7. The van der Waals surface area contributed by atoms with Gasteiger partial charge in [0.25, 0.3) is 0 Å². The van der Waals surface area contributed by atoms with E-state index >= 15 is 0 Å². The van der Waals surface area contributed by atoms with Crippen LogP contribution >= 0.6 is 0 Å². The van der Waals surface area contributed by atoms with Crippen LogP contribution in [0, 0.1) is 0 Å². The topological polar surface area (TPSA) is 231 Å². The van der Waals surface area contributed by atoms with E-state index in [4.69, 9.17) is 28.4 Å². The Bertz CT molecular complexity index is 1220. The summed E-state index contributed by atoms with van der Waals surface area (Å²) in [5.74, 6) is -0.925. The van der Waals surface area contributed by atoms with Gasteiger partial charge in [-0.1, -0.05) is 180 Å². The minimum atomic E-state index is -1.76. The molecule has 2 aliphatic heterocycles. The molecule has 15 nitrogen and oxygen atoms in total. The number of aliphatic hydroxyl groups excluding tert-OH is 7. The predicted molar refractivity (Wildman–Crippen MR) is 257 cm³/mol. The van der Waals surface area contributed by atoms with Crippen LogP contribution in [0.4, 0.5) is 0 Å². The third kappa shape index (κ3) is 28.0. The van der Waals surface area contributed by atoms with Crippen molar-refractivity contribution in [3.63, 3.8) is 0 Å². The molecule has 4 unspecified atom stereocenters. The lowest BCUT2D eigenvalue weighted by atomic mass is 9.98. The summed E-state index contributed by atoms with van der Waals surface area (Å²) in [6, 6.07) is 0. The van der Waals surface area contributed by atoms with Gasteiger partial charge in [-0.2, -0.15) is 0 Å². The largest absolute Gasteiger partial charge is 0.462 e. The molecule has 0 aromatic carbocycles. The van der Waals surface area contributed by atoms with E-state index < -0.39 is 92.7 Å². The number of unbranched alkanes of at least 4 members (excludes halogenated alkanes) is 26. The van der Waals surface area contributed by atoms with Crippen molar-refractivity contribution in [2.75, 3.05) is 26.4 Å². The summed E-state index contributed by atoms with van der Waals surface area (Å²) in [6.07, 6.45) is 22.5. The first-order valence-electron chi connectivity index (χ1n) is 26.8. The molecule has 2 saturated heterocycles. The third-order valence-corrected chi connectivity index (χ3v) is 13.0. The molecular weight excluding hydrogens is 865 g/mol. The maximum atomic E-state index is 13.0. The molecule has 0 aromatic rings. The Morgan fingerprint density at radius 3 is 1.36 bits per heavy atom. The van der Waals surface area contributed by atoms with Crippen LogP contribution in [0.25, 0.3) is 0 Å². The number of rotatable bonds is 42. The predicted octanol–water partition coefficient (Wildman–Crippen LogP) is 7.77. The van der Waals surface area contributed by atoms with Gasteiger partial charge in [0.2, 0.25) is 0 Å². The van der Waals surface area contributed by atoms with E-state index in [2.05, 4.69) is 26.0 Å². The first-order chi connectivity index (χ1) is 32.5. The van der Waals surface area contributed by atoms with Gasteiger partial charge in [0.1, 0.15) is 55.4 Å². The van der Waals surface area contributed by atoms with Crippen molar-refractivity contribution >= 4 is 11.9 Å². The van der Waals surface area contributed by atoms with Gasteiger partial charge in [0, 0.05) is 12.8 Å². The fourth-order valence-corrected chi connectivity index (χ4v) is 8.55. The van der Waals surface area contributed by atoms with Crippen molar-refractivity contribution in [2.24, 2.45) is 0 Å². The van der Waals surface area contributed by atoms with Crippen molar-refractivity contribution in [3.05, 3.63) is 12.2 Å². The second kappa shape index (κ2) is 39.9. The highest BCUT2D eigenvalue weighted by atomic mass is 16.7. The Balaban J connectivity index is 1.75. The summed E-state index contributed by atoms with van der Waals surface area (Å²) in [7, 11) is 0. The van der Waals surface area contributed by atoms with Crippen LogP contribution in [0.2, 0.25) is 0 Å². The fraction of sp³-hybridized carbons (Fsp3) is 0.923. The van der Waals surface area contributed by atoms with Crippen LogP contribution < -0.4 is 0 Å². The Morgan fingerprint density at radius 1 is 0.463 bits per heavy atom.